The van der Waals surface area contributed by atoms with E-state index in [1.54, 1.807) is 7.11 Å². The Hall–Kier alpha value is -0.370. The first-order valence-corrected chi connectivity index (χ1v) is 5.66. The molecule has 2 N–H and O–H groups in total. The van der Waals surface area contributed by atoms with E-state index in [4.69, 9.17) is 10.5 Å². The highest BCUT2D eigenvalue weighted by Gasteiger charge is 2.32. The maximum atomic E-state index is 12.2. The number of nitrogens with two attached hydrogens (primary N) is 1. The topological polar surface area (TPSA) is 41.7 Å². The summed E-state index contributed by atoms with van der Waals surface area (Å²) < 4.78 is 41.4. The predicted molar refractivity (Wildman–Crippen MR) is 58.8 cm³/mol. The van der Waals surface area contributed by atoms with Crippen LogP contribution in [0.1, 0.15) is 0 Å². The van der Waals surface area contributed by atoms with E-state index >= 15 is 0 Å². The molecule has 0 aliphatic carbocycles. The molecule has 0 aromatic heterocycles. The second kappa shape index (κ2) is 6.53. The van der Waals surface area contributed by atoms with Crippen molar-refractivity contribution in [2.24, 2.45) is 5.73 Å². The predicted octanol–water partition coefficient (Wildman–Crippen LogP) is 0.140. The van der Waals surface area contributed by atoms with Gasteiger partial charge in [-0.2, -0.15) is 13.2 Å². The van der Waals surface area contributed by atoms with Gasteiger partial charge in [0, 0.05) is 45.9 Å². The van der Waals surface area contributed by atoms with E-state index in [0.717, 1.165) is 0 Å². The first kappa shape index (κ1) is 14.7. The molecule has 1 fully saturated rings. The van der Waals surface area contributed by atoms with Crippen LogP contribution >= 0.6 is 0 Å². The fourth-order valence-electron chi connectivity index (χ4n) is 1.98. The third-order valence-electron chi connectivity index (χ3n) is 2.74. The van der Waals surface area contributed by atoms with Crippen molar-refractivity contribution < 1.29 is 17.9 Å². The van der Waals surface area contributed by atoms with Crippen LogP contribution in [0.3, 0.4) is 0 Å². The van der Waals surface area contributed by atoms with E-state index in [1.165, 1.54) is 4.90 Å². The maximum absolute atomic E-state index is 12.2. The zero-order valence-electron chi connectivity index (χ0n) is 10.0. The van der Waals surface area contributed by atoms with E-state index in [1.807, 2.05) is 0 Å². The molecule has 1 unspecified atom stereocenters. The molecule has 17 heavy (non-hydrogen) atoms. The van der Waals surface area contributed by atoms with Gasteiger partial charge in [-0.05, 0) is 0 Å². The number of hydrogen-bond donors (Lipinski definition) is 1. The van der Waals surface area contributed by atoms with E-state index in [-0.39, 0.29) is 6.04 Å². The molecule has 0 aromatic rings. The molecular formula is C10H20F3N3O. The quantitative estimate of drug-likeness (QED) is 0.759. The molecule has 0 amide bonds. The SMILES string of the molecule is COCC(N)CN1CCN(CC(F)(F)F)CC1. The van der Waals surface area contributed by atoms with Crippen LogP contribution in [0.2, 0.25) is 0 Å². The second-order valence-electron chi connectivity index (χ2n) is 4.41. The third-order valence-corrected chi connectivity index (χ3v) is 2.74. The molecule has 0 radical (unpaired) electrons. The van der Waals surface area contributed by atoms with Crippen LogP contribution in [-0.4, -0.2) is 75.0 Å². The molecular weight excluding hydrogens is 235 g/mol. The van der Waals surface area contributed by atoms with Gasteiger partial charge in [-0.25, -0.2) is 0 Å². The fourth-order valence-corrected chi connectivity index (χ4v) is 1.98. The molecule has 4 nitrogen and oxygen atoms in total. The molecule has 0 bridgehead atoms. The monoisotopic (exact) mass is 255 g/mol. The van der Waals surface area contributed by atoms with Crippen molar-refractivity contribution in [3.63, 3.8) is 0 Å². The van der Waals surface area contributed by atoms with Crippen LogP contribution in [-0.2, 0) is 4.74 Å². The fraction of sp³-hybridized carbons (Fsp3) is 1.00. The minimum Gasteiger partial charge on any atom is -0.383 e. The van der Waals surface area contributed by atoms with Crippen LogP contribution in [0.4, 0.5) is 13.2 Å². The summed E-state index contributed by atoms with van der Waals surface area (Å²) in [5.41, 5.74) is 5.79. The minimum atomic E-state index is -4.10. The van der Waals surface area contributed by atoms with E-state index in [2.05, 4.69) is 4.90 Å². The number of piperazine rings is 1. The third kappa shape index (κ3) is 6.21. The summed E-state index contributed by atoms with van der Waals surface area (Å²) in [7, 11) is 1.58. The lowest BCUT2D eigenvalue weighted by Gasteiger charge is -2.35. The molecule has 1 rings (SSSR count). The molecule has 0 spiro atoms. The van der Waals surface area contributed by atoms with Crippen molar-refractivity contribution in [1.29, 1.82) is 0 Å². The van der Waals surface area contributed by atoms with Crippen LogP contribution in [0.5, 0.6) is 0 Å². The zero-order chi connectivity index (χ0) is 12.9. The number of ether oxygens (including phenoxy) is 1. The summed E-state index contributed by atoms with van der Waals surface area (Å²) in [5.74, 6) is 0. The summed E-state index contributed by atoms with van der Waals surface area (Å²) >= 11 is 0. The summed E-state index contributed by atoms with van der Waals surface area (Å²) in [4.78, 5) is 3.51. The average Bonchev–Trinajstić information content (AvgIpc) is 2.19. The van der Waals surface area contributed by atoms with E-state index < -0.39 is 12.7 Å². The van der Waals surface area contributed by atoms with Gasteiger partial charge in [0.25, 0.3) is 0 Å². The van der Waals surface area contributed by atoms with Gasteiger partial charge < -0.3 is 10.5 Å². The average molecular weight is 255 g/mol. The molecule has 102 valence electrons. The van der Waals surface area contributed by atoms with Gasteiger partial charge in [0.15, 0.2) is 0 Å². The lowest BCUT2D eigenvalue weighted by atomic mass is 10.2. The van der Waals surface area contributed by atoms with Crippen molar-refractivity contribution in [2.45, 2.75) is 12.2 Å². The Bertz CT molecular complexity index is 217. The van der Waals surface area contributed by atoms with Crippen molar-refractivity contribution in [2.75, 3.05) is 53.0 Å². The molecule has 1 heterocycles. The molecule has 1 atom stereocenters. The molecule has 1 aliphatic rings. The molecule has 0 saturated carbocycles. The standard InChI is InChI=1S/C10H20F3N3O/c1-17-7-9(14)6-15-2-4-16(5-3-15)8-10(11,12)13/h9H,2-8,14H2,1H3. The Kier molecular flexibility index (Phi) is 5.64. The van der Waals surface area contributed by atoms with Crippen LogP contribution in [0, 0.1) is 0 Å². The van der Waals surface area contributed by atoms with Gasteiger partial charge in [0.05, 0.1) is 13.2 Å². The van der Waals surface area contributed by atoms with Crippen molar-refractivity contribution in [3.05, 3.63) is 0 Å². The largest absolute Gasteiger partial charge is 0.401 e. The molecule has 1 saturated heterocycles. The van der Waals surface area contributed by atoms with E-state index in [9.17, 15) is 13.2 Å². The first-order chi connectivity index (χ1) is 7.90. The number of rotatable bonds is 5. The number of methoxy groups -OCH3 is 1. The molecule has 0 aromatic carbocycles. The lowest BCUT2D eigenvalue weighted by molar-refractivity contribution is -0.149. The van der Waals surface area contributed by atoms with Crippen molar-refractivity contribution in [3.8, 4) is 0 Å². The van der Waals surface area contributed by atoms with Gasteiger partial charge in [0.1, 0.15) is 0 Å². The van der Waals surface area contributed by atoms with Crippen molar-refractivity contribution >= 4 is 0 Å². The maximum Gasteiger partial charge on any atom is 0.401 e. The van der Waals surface area contributed by atoms with Gasteiger partial charge in [-0.15, -0.1) is 0 Å². The molecule has 1 aliphatic heterocycles. The van der Waals surface area contributed by atoms with Crippen LogP contribution in [0.15, 0.2) is 0 Å². The molecule has 7 heteroatoms. The van der Waals surface area contributed by atoms with Crippen molar-refractivity contribution in [1.82, 2.24) is 9.80 Å². The number of hydrogen-bond acceptors (Lipinski definition) is 4. The smallest absolute Gasteiger partial charge is 0.383 e. The number of alkyl halides is 3. The Labute approximate surface area is 99.5 Å². The zero-order valence-corrected chi connectivity index (χ0v) is 10.0. The Morgan fingerprint density at radius 3 is 2.18 bits per heavy atom. The Morgan fingerprint density at radius 2 is 1.71 bits per heavy atom. The number of halogens is 3. The van der Waals surface area contributed by atoms with Gasteiger partial charge >= 0.3 is 6.18 Å². The summed E-state index contributed by atoms with van der Waals surface area (Å²) in [6.45, 7) is 2.49. The van der Waals surface area contributed by atoms with Gasteiger partial charge in [-0.3, -0.25) is 9.80 Å². The van der Waals surface area contributed by atoms with E-state index in [0.29, 0.717) is 39.3 Å². The summed E-state index contributed by atoms with van der Waals surface area (Å²) in [6, 6.07) is -0.0748. The first-order valence-electron chi connectivity index (χ1n) is 5.66. The van der Waals surface area contributed by atoms with Crippen LogP contribution in [0.25, 0.3) is 0 Å². The number of nitrogens with zero attached hydrogens (tertiary/aromatic N) is 2. The van der Waals surface area contributed by atoms with Gasteiger partial charge in [-0.1, -0.05) is 0 Å². The Morgan fingerprint density at radius 1 is 1.18 bits per heavy atom. The van der Waals surface area contributed by atoms with Gasteiger partial charge in [0.2, 0.25) is 0 Å². The highest BCUT2D eigenvalue weighted by molar-refractivity contribution is 4.76. The minimum absolute atomic E-state index is 0.0748. The summed E-state index contributed by atoms with van der Waals surface area (Å²) in [5, 5.41) is 0. The normalized spacial score (nSPS) is 21.7. The second-order valence-corrected chi connectivity index (χ2v) is 4.41. The highest BCUT2D eigenvalue weighted by atomic mass is 19.4. The van der Waals surface area contributed by atoms with Crippen LogP contribution < -0.4 is 5.73 Å². The Balaban J connectivity index is 2.21. The lowest BCUT2D eigenvalue weighted by Crippen LogP contribution is -2.52. The highest BCUT2D eigenvalue weighted by Crippen LogP contribution is 2.17. The summed E-state index contributed by atoms with van der Waals surface area (Å²) in [6.07, 6.45) is -4.10.